The molecule has 1 N–H and O–H groups in total. The smallest absolute Gasteiger partial charge is 0.303 e. The largest absolute Gasteiger partial charge is 0.489 e. The van der Waals surface area contributed by atoms with Crippen LogP contribution in [0.3, 0.4) is 0 Å². The molecule has 1 atom stereocenters. The van der Waals surface area contributed by atoms with Crippen LogP contribution in [0, 0.1) is 6.92 Å². The summed E-state index contributed by atoms with van der Waals surface area (Å²) in [4.78, 5) is 15.5. The van der Waals surface area contributed by atoms with E-state index < -0.39 is 12.1 Å². The van der Waals surface area contributed by atoms with E-state index in [1.165, 1.54) is 6.26 Å². The molecule has 0 amide bonds. The molecular weight excluding hydrogens is 426 g/mol. The Morgan fingerprint density at radius 3 is 2.81 bits per heavy atom. The molecule has 0 aliphatic heterocycles. The molecular formula is C25H23NO5S. The number of aliphatic carboxylic acids is 1. The third-order valence-electron chi connectivity index (χ3n) is 5.03. The molecule has 0 spiro atoms. The van der Waals surface area contributed by atoms with Crippen molar-refractivity contribution in [2.45, 2.75) is 32.5 Å². The fourth-order valence-corrected chi connectivity index (χ4v) is 4.05. The number of ether oxygens (including phenoxy) is 2. The Labute approximate surface area is 190 Å². The number of aromatic nitrogens is 1. The maximum Gasteiger partial charge on any atom is 0.303 e. The molecule has 7 heteroatoms. The van der Waals surface area contributed by atoms with Crippen molar-refractivity contribution in [1.29, 1.82) is 0 Å². The first-order valence-electron chi connectivity index (χ1n) is 10.2. The molecule has 0 radical (unpaired) electrons. The van der Waals surface area contributed by atoms with Crippen molar-refractivity contribution >= 4 is 17.3 Å². The number of carbonyl (C=O) groups is 1. The molecule has 4 aromatic rings. The number of hydrogen-bond acceptors (Lipinski definition) is 6. The first kappa shape index (κ1) is 21.6. The fourth-order valence-electron chi connectivity index (χ4n) is 3.40. The van der Waals surface area contributed by atoms with Crippen molar-refractivity contribution in [3.05, 3.63) is 88.4 Å². The molecule has 4 rings (SSSR count). The first-order chi connectivity index (χ1) is 15.6. The van der Waals surface area contributed by atoms with Gasteiger partial charge in [-0.2, -0.15) is 11.3 Å². The van der Waals surface area contributed by atoms with Crippen molar-refractivity contribution in [3.63, 3.8) is 0 Å². The summed E-state index contributed by atoms with van der Waals surface area (Å²) in [6.45, 7) is 2.43. The summed E-state index contributed by atoms with van der Waals surface area (Å²) in [5.41, 5.74) is 3.74. The van der Waals surface area contributed by atoms with Crippen LogP contribution < -0.4 is 9.47 Å². The van der Waals surface area contributed by atoms with E-state index in [9.17, 15) is 9.90 Å². The lowest BCUT2D eigenvalue weighted by Crippen LogP contribution is -2.12. The summed E-state index contributed by atoms with van der Waals surface area (Å²) in [5.74, 6) is 0.719. The van der Waals surface area contributed by atoms with Gasteiger partial charge in [0.05, 0.1) is 11.8 Å². The number of carboxylic acids is 1. The third-order valence-corrected chi connectivity index (χ3v) is 5.76. The first-order valence-corrected chi connectivity index (χ1v) is 11.2. The van der Waals surface area contributed by atoms with Crippen LogP contribution in [0.1, 0.15) is 35.6 Å². The summed E-state index contributed by atoms with van der Waals surface area (Å²) in [6.07, 6.45) is 2.94. The predicted molar refractivity (Wildman–Crippen MR) is 122 cm³/mol. The topological polar surface area (TPSA) is 81.8 Å². The Bertz CT molecular complexity index is 1160. The van der Waals surface area contributed by atoms with E-state index in [2.05, 4.69) is 4.98 Å². The van der Waals surface area contributed by atoms with E-state index in [-0.39, 0.29) is 6.42 Å². The minimum Gasteiger partial charge on any atom is -0.489 e. The highest BCUT2D eigenvalue weighted by Crippen LogP contribution is 2.37. The molecule has 164 valence electrons. The highest BCUT2D eigenvalue weighted by molar-refractivity contribution is 7.07. The molecule has 0 saturated heterocycles. The van der Waals surface area contributed by atoms with E-state index in [0.717, 1.165) is 16.7 Å². The van der Waals surface area contributed by atoms with Gasteiger partial charge in [-0.05, 0) is 59.0 Å². The number of thiophene rings is 1. The minimum absolute atomic E-state index is 0.0122. The quantitative estimate of drug-likeness (QED) is 0.307. The maximum atomic E-state index is 11.3. The Kier molecular flexibility index (Phi) is 6.87. The summed E-state index contributed by atoms with van der Waals surface area (Å²) in [7, 11) is 0. The molecule has 0 aliphatic rings. The van der Waals surface area contributed by atoms with Crippen LogP contribution in [0.15, 0.2) is 76.2 Å². The zero-order valence-corrected chi connectivity index (χ0v) is 18.4. The number of hydrogen-bond donors (Lipinski definition) is 1. The monoisotopic (exact) mass is 449 g/mol. The second-order valence-corrected chi connectivity index (χ2v) is 8.09. The summed E-state index contributed by atoms with van der Waals surface area (Å²) >= 11 is 1.62. The summed E-state index contributed by atoms with van der Waals surface area (Å²) in [5, 5.41) is 13.3. The normalized spacial score (nSPS) is 11.8. The molecule has 6 nitrogen and oxygen atoms in total. The Balaban J connectivity index is 1.66. The minimum atomic E-state index is -0.868. The standard InChI is InChI=1S/C25H23NO5S/c1-17-4-2-3-5-20(17)22(8-9-24(27)28)31-23-14-19(30-15-18-10-13-32-16-18)6-7-21(23)25-26-11-12-29-25/h2-7,10-14,16,22H,8-9,15H2,1H3,(H,27,28)/t22-/m0/s1. The third kappa shape index (κ3) is 5.36. The molecule has 0 saturated carbocycles. The lowest BCUT2D eigenvalue weighted by molar-refractivity contribution is -0.137. The average molecular weight is 450 g/mol. The van der Waals surface area contributed by atoms with Gasteiger partial charge in [-0.1, -0.05) is 24.3 Å². The van der Waals surface area contributed by atoms with Gasteiger partial charge in [0.15, 0.2) is 0 Å². The van der Waals surface area contributed by atoms with Gasteiger partial charge in [-0.3, -0.25) is 4.79 Å². The predicted octanol–water partition coefficient (Wildman–Crippen LogP) is 6.28. The van der Waals surface area contributed by atoms with Crippen LogP contribution in [0.2, 0.25) is 0 Å². The van der Waals surface area contributed by atoms with E-state index >= 15 is 0 Å². The number of oxazole rings is 1. The van der Waals surface area contributed by atoms with E-state index in [1.807, 2.05) is 60.1 Å². The van der Waals surface area contributed by atoms with Gasteiger partial charge >= 0.3 is 5.97 Å². The molecule has 0 aliphatic carbocycles. The van der Waals surface area contributed by atoms with Gasteiger partial charge < -0.3 is 19.0 Å². The molecule has 0 bridgehead atoms. The maximum absolute atomic E-state index is 11.3. The number of carboxylic acid groups (broad SMARTS) is 1. The lowest BCUT2D eigenvalue weighted by Gasteiger charge is -2.22. The average Bonchev–Trinajstić information content (AvgIpc) is 3.50. The van der Waals surface area contributed by atoms with Gasteiger partial charge in [-0.15, -0.1) is 0 Å². The van der Waals surface area contributed by atoms with Crippen LogP contribution in [0.4, 0.5) is 0 Å². The van der Waals surface area contributed by atoms with Gasteiger partial charge in [0.1, 0.15) is 30.5 Å². The number of nitrogens with zero attached hydrogens (tertiary/aromatic N) is 1. The van der Waals surface area contributed by atoms with Gasteiger partial charge in [0, 0.05) is 12.5 Å². The van der Waals surface area contributed by atoms with Crippen molar-refractivity contribution in [2.24, 2.45) is 0 Å². The van der Waals surface area contributed by atoms with Gasteiger partial charge in [0.2, 0.25) is 5.89 Å². The zero-order chi connectivity index (χ0) is 22.3. The lowest BCUT2D eigenvalue weighted by atomic mass is 9.99. The van der Waals surface area contributed by atoms with Crippen LogP contribution >= 0.6 is 11.3 Å². The molecule has 2 heterocycles. The van der Waals surface area contributed by atoms with Crippen LogP contribution in [-0.4, -0.2) is 16.1 Å². The number of benzene rings is 2. The van der Waals surface area contributed by atoms with E-state index in [4.69, 9.17) is 13.9 Å². The Morgan fingerprint density at radius 1 is 1.22 bits per heavy atom. The SMILES string of the molecule is Cc1ccccc1[C@H](CCC(=O)O)Oc1cc(OCc2ccsc2)ccc1-c1ncco1. The van der Waals surface area contributed by atoms with Crippen molar-refractivity contribution in [2.75, 3.05) is 0 Å². The Hall–Kier alpha value is -3.58. The van der Waals surface area contributed by atoms with E-state index in [0.29, 0.717) is 36.0 Å². The van der Waals surface area contributed by atoms with E-state index in [1.54, 1.807) is 23.6 Å². The number of aryl methyl sites for hydroxylation is 1. The molecule has 2 aromatic carbocycles. The van der Waals surface area contributed by atoms with Crippen LogP contribution in [0.5, 0.6) is 11.5 Å². The Morgan fingerprint density at radius 2 is 2.09 bits per heavy atom. The molecule has 2 aromatic heterocycles. The molecule has 32 heavy (non-hydrogen) atoms. The fraction of sp³-hybridized carbons (Fsp3) is 0.200. The van der Waals surface area contributed by atoms with Crippen LogP contribution in [-0.2, 0) is 11.4 Å². The summed E-state index contributed by atoms with van der Waals surface area (Å²) in [6, 6.07) is 15.3. The van der Waals surface area contributed by atoms with Crippen LogP contribution in [0.25, 0.3) is 11.5 Å². The molecule has 0 fully saturated rings. The van der Waals surface area contributed by atoms with Crippen molar-refractivity contribution in [1.82, 2.24) is 4.98 Å². The second-order valence-electron chi connectivity index (χ2n) is 7.31. The van der Waals surface area contributed by atoms with Crippen molar-refractivity contribution in [3.8, 4) is 23.0 Å². The second kappa shape index (κ2) is 10.2. The molecule has 0 unspecified atom stereocenters. The van der Waals surface area contributed by atoms with Gasteiger partial charge in [-0.25, -0.2) is 4.98 Å². The van der Waals surface area contributed by atoms with Gasteiger partial charge in [0.25, 0.3) is 0 Å². The zero-order valence-electron chi connectivity index (χ0n) is 17.6. The highest BCUT2D eigenvalue weighted by atomic mass is 32.1. The van der Waals surface area contributed by atoms with Crippen molar-refractivity contribution < 1.29 is 23.8 Å². The number of rotatable bonds is 10. The summed E-state index contributed by atoms with van der Waals surface area (Å²) < 4.78 is 17.9. The highest BCUT2D eigenvalue weighted by Gasteiger charge is 2.21.